The molecule has 1 amide bonds. The first-order valence-corrected chi connectivity index (χ1v) is 9.06. The fourth-order valence-electron chi connectivity index (χ4n) is 2.07. The Kier molecular flexibility index (Phi) is 7.05. The third kappa shape index (κ3) is 5.47. The van der Waals surface area contributed by atoms with E-state index in [1.54, 1.807) is 35.1 Å². The summed E-state index contributed by atoms with van der Waals surface area (Å²) in [6, 6.07) is 6.68. The van der Waals surface area contributed by atoms with Crippen LogP contribution in [0.1, 0.15) is 26.8 Å². The van der Waals surface area contributed by atoms with Crippen molar-refractivity contribution in [1.29, 1.82) is 0 Å². The summed E-state index contributed by atoms with van der Waals surface area (Å²) in [7, 11) is 0. The number of nitrogens with zero attached hydrogens (tertiary/aromatic N) is 2. The molecule has 0 aliphatic rings. The largest absolute Gasteiger partial charge is 0.481 e. The van der Waals surface area contributed by atoms with Gasteiger partial charge >= 0.3 is 5.97 Å². The van der Waals surface area contributed by atoms with Crippen molar-refractivity contribution >= 4 is 45.2 Å². The highest BCUT2D eigenvalue weighted by Crippen LogP contribution is 2.27. The van der Waals surface area contributed by atoms with Gasteiger partial charge in [-0.15, -0.1) is 0 Å². The molecule has 0 aliphatic carbocycles. The highest BCUT2D eigenvalue weighted by molar-refractivity contribution is 9.10. The van der Waals surface area contributed by atoms with Crippen molar-refractivity contribution in [2.75, 3.05) is 11.9 Å². The van der Waals surface area contributed by atoms with E-state index in [0.29, 0.717) is 21.1 Å². The van der Waals surface area contributed by atoms with E-state index in [1.807, 2.05) is 13.8 Å². The fourth-order valence-corrected chi connectivity index (χ4v) is 2.86. The molecule has 1 N–H and O–H groups in total. The zero-order valence-corrected chi connectivity index (χ0v) is 16.9. The first-order valence-electron chi connectivity index (χ1n) is 7.89. The van der Waals surface area contributed by atoms with Gasteiger partial charge in [0.2, 0.25) is 0 Å². The maximum Gasteiger partial charge on any atom is 0.344 e. The smallest absolute Gasteiger partial charge is 0.344 e. The lowest BCUT2D eigenvalue weighted by atomic mass is 10.3. The molecule has 2 rings (SSSR count). The van der Waals surface area contributed by atoms with Gasteiger partial charge < -0.3 is 14.8 Å². The zero-order chi connectivity index (χ0) is 19.3. The Balaban J connectivity index is 1.86. The summed E-state index contributed by atoms with van der Waals surface area (Å²) in [6.07, 6.45) is 0.611. The minimum Gasteiger partial charge on any atom is -0.481 e. The molecule has 1 unspecified atom stereocenters. The zero-order valence-electron chi connectivity index (χ0n) is 14.5. The van der Waals surface area contributed by atoms with Gasteiger partial charge in [-0.1, -0.05) is 11.6 Å². The van der Waals surface area contributed by atoms with E-state index in [0.717, 1.165) is 0 Å². The molecule has 2 aromatic rings. The van der Waals surface area contributed by atoms with Crippen LogP contribution in [-0.2, 0) is 14.3 Å². The summed E-state index contributed by atoms with van der Waals surface area (Å²) in [5.74, 6) is -0.126. The first kappa shape index (κ1) is 20.3. The molecular formula is C17H19BrClN3O4. The average Bonchev–Trinajstić information content (AvgIpc) is 3.02. The average molecular weight is 445 g/mol. The number of benzene rings is 1. The number of hydrogen-bond acceptors (Lipinski definition) is 5. The third-order valence-corrected chi connectivity index (χ3v) is 4.18. The van der Waals surface area contributed by atoms with Gasteiger partial charge in [-0.05, 0) is 54.9 Å². The van der Waals surface area contributed by atoms with Crippen molar-refractivity contribution in [3.8, 4) is 5.75 Å². The number of anilines is 1. The number of esters is 1. The summed E-state index contributed by atoms with van der Waals surface area (Å²) in [5.41, 5.74) is 0. The molecule has 26 heavy (non-hydrogen) atoms. The standard InChI is InChI=1S/C17H19BrClN3O4/c1-10(2)22-15(6-7-20-22)21-17(24)11(3)26-16(23)9-25-14-5-4-12(19)8-13(14)18/h4-8,10-11H,9H2,1-3H3,(H,21,24). The lowest BCUT2D eigenvalue weighted by Crippen LogP contribution is -2.32. The lowest BCUT2D eigenvalue weighted by Gasteiger charge is -2.16. The van der Waals surface area contributed by atoms with Crippen LogP contribution in [0.4, 0.5) is 5.82 Å². The SMILES string of the molecule is CC(OC(=O)COc1ccc(Cl)cc1Br)C(=O)Nc1ccnn1C(C)C. The number of amides is 1. The molecule has 0 saturated heterocycles. The Morgan fingerprint density at radius 2 is 2.04 bits per heavy atom. The van der Waals surface area contributed by atoms with Crippen LogP contribution in [-0.4, -0.2) is 34.4 Å². The Morgan fingerprint density at radius 1 is 1.31 bits per heavy atom. The normalized spacial score (nSPS) is 11.9. The Labute approximate surface area is 164 Å². The summed E-state index contributed by atoms with van der Waals surface area (Å²) in [4.78, 5) is 24.1. The van der Waals surface area contributed by atoms with E-state index in [2.05, 4.69) is 26.3 Å². The molecule has 1 atom stereocenters. The third-order valence-electron chi connectivity index (χ3n) is 3.33. The van der Waals surface area contributed by atoms with E-state index in [1.165, 1.54) is 6.92 Å². The van der Waals surface area contributed by atoms with E-state index < -0.39 is 18.0 Å². The van der Waals surface area contributed by atoms with Crippen molar-refractivity contribution in [3.63, 3.8) is 0 Å². The summed E-state index contributed by atoms with van der Waals surface area (Å²) >= 11 is 9.13. The van der Waals surface area contributed by atoms with Gasteiger partial charge in [-0.2, -0.15) is 5.10 Å². The molecule has 0 saturated carbocycles. The van der Waals surface area contributed by atoms with Crippen molar-refractivity contribution in [1.82, 2.24) is 9.78 Å². The quantitative estimate of drug-likeness (QED) is 0.656. The predicted octanol–water partition coefficient (Wildman–Crippen LogP) is 3.83. The molecule has 9 heteroatoms. The number of hydrogen-bond donors (Lipinski definition) is 1. The van der Waals surface area contributed by atoms with Crippen LogP contribution < -0.4 is 10.1 Å². The molecule has 7 nitrogen and oxygen atoms in total. The van der Waals surface area contributed by atoms with Gasteiger partial charge in [0.1, 0.15) is 11.6 Å². The van der Waals surface area contributed by atoms with E-state index in [9.17, 15) is 9.59 Å². The van der Waals surface area contributed by atoms with Crippen LogP contribution in [0.15, 0.2) is 34.9 Å². The van der Waals surface area contributed by atoms with Gasteiger partial charge in [0, 0.05) is 17.1 Å². The second-order valence-electron chi connectivity index (χ2n) is 5.74. The second-order valence-corrected chi connectivity index (χ2v) is 7.03. The number of halogens is 2. The van der Waals surface area contributed by atoms with Crippen molar-refractivity contribution in [2.45, 2.75) is 32.9 Å². The summed E-state index contributed by atoms with van der Waals surface area (Å²) < 4.78 is 12.7. The number of nitrogens with one attached hydrogen (secondary N) is 1. The molecule has 0 fully saturated rings. The maximum atomic E-state index is 12.2. The molecule has 0 bridgehead atoms. The molecule has 0 spiro atoms. The summed E-state index contributed by atoms with van der Waals surface area (Å²) in [6.45, 7) is 5.04. The lowest BCUT2D eigenvalue weighted by molar-refractivity contribution is -0.155. The Hall–Kier alpha value is -2.06. The molecule has 140 valence electrons. The minimum absolute atomic E-state index is 0.0874. The molecule has 0 aliphatic heterocycles. The first-order chi connectivity index (χ1) is 12.3. The molecule has 1 aromatic carbocycles. The molecular weight excluding hydrogens is 426 g/mol. The Morgan fingerprint density at radius 3 is 2.69 bits per heavy atom. The number of ether oxygens (including phenoxy) is 2. The summed E-state index contributed by atoms with van der Waals surface area (Å²) in [5, 5.41) is 7.35. The molecule has 1 heterocycles. The van der Waals surface area contributed by atoms with Crippen LogP contribution in [0.5, 0.6) is 5.75 Å². The van der Waals surface area contributed by atoms with Crippen molar-refractivity contribution < 1.29 is 19.1 Å². The maximum absolute atomic E-state index is 12.2. The van der Waals surface area contributed by atoms with Gasteiger partial charge in [0.25, 0.3) is 5.91 Å². The van der Waals surface area contributed by atoms with Gasteiger partial charge in [0.15, 0.2) is 12.7 Å². The highest BCUT2D eigenvalue weighted by Gasteiger charge is 2.20. The topological polar surface area (TPSA) is 82.4 Å². The van der Waals surface area contributed by atoms with Crippen LogP contribution in [0.2, 0.25) is 5.02 Å². The molecule has 0 radical (unpaired) electrons. The number of carbonyl (C=O) groups excluding carboxylic acids is 2. The van der Waals surface area contributed by atoms with Crippen molar-refractivity contribution in [2.24, 2.45) is 0 Å². The monoisotopic (exact) mass is 443 g/mol. The molecule has 1 aromatic heterocycles. The number of carbonyl (C=O) groups is 2. The predicted molar refractivity (Wildman–Crippen MR) is 101 cm³/mol. The van der Waals surface area contributed by atoms with Crippen LogP contribution in [0.25, 0.3) is 0 Å². The van der Waals surface area contributed by atoms with E-state index >= 15 is 0 Å². The van der Waals surface area contributed by atoms with Crippen LogP contribution >= 0.6 is 27.5 Å². The van der Waals surface area contributed by atoms with E-state index in [-0.39, 0.29) is 12.6 Å². The Bertz CT molecular complexity index is 794. The van der Waals surface area contributed by atoms with E-state index in [4.69, 9.17) is 21.1 Å². The number of rotatable bonds is 7. The van der Waals surface area contributed by atoms with Crippen LogP contribution in [0.3, 0.4) is 0 Å². The highest BCUT2D eigenvalue weighted by atomic mass is 79.9. The number of aromatic nitrogens is 2. The van der Waals surface area contributed by atoms with Crippen LogP contribution in [0, 0.1) is 0 Å². The van der Waals surface area contributed by atoms with Crippen molar-refractivity contribution in [3.05, 3.63) is 40.0 Å². The fraction of sp³-hybridized carbons (Fsp3) is 0.353. The van der Waals surface area contributed by atoms with Gasteiger partial charge in [-0.25, -0.2) is 9.48 Å². The second kappa shape index (κ2) is 9.05. The minimum atomic E-state index is -0.977. The van der Waals surface area contributed by atoms with Gasteiger partial charge in [0.05, 0.1) is 10.7 Å². The van der Waals surface area contributed by atoms with Gasteiger partial charge in [-0.3, -0.25) is 4.79 Å².